The highest BCUT2D eigenvalue weighted by atomic mass is 79.9. The second-order valence-electron chi connectivity index (χ2n) is 4.24. The summed E-state index contributed by atoms with van der Waals surface area (Å²) < 4.78 is 6.27. The molecule has 2 rings (SSSR count). The van der Waals surface area contributed by atoms with E-state index >= 15 is 0 Å². The van der Waals surface area contributed by atoms with Gasteiger partial charge in [0.05, 0.1) is 6.04 Å². The molecule has 0 spiro atoms. The van der Waals surface area contributed by atoms with Crippen molar-refractivity contribution in [1.29, 1.82) is 0 Å². The smallest absolute Gasteiger partial charge is 0.243 e. The van der Waals surface area contributed by atoms with Crippen LogP contribution in [-0.2, 0) is 6.42 Å². The highest BCUT2D eigenvalue weighted by molar-refractivity contribution is 9.10. The number of hydrogen-bond donors (Lipinski definition) is 1. The zero-order chi connectivity index (χ0) is 13.7. The maximum atomic E-state index is 5.99. The Balaban J connectivity index is 1.98. The zero-order valence-electron chi connectivity index (χ0n) is 10.7. The number of rotatable bonds is 6. The number of halogens is 1. The molecule has 2 N–H and O–H groups in total. The van der Waals surface area contributed by atoms with Gasteiger partial charge < -0.3 is 10.3 Å². The number of benzene rings is 1. The van der Waals surface area contributed by atoms with E-state index in [1.165, 1.54) is 0 Å². The van der Waals surface area contributed by atoms with E-state index in [2.05, 4.69) is 32.3 Å². The van der Waals surface area contributed by atoms with Gasteiger partial charge in [0.2, 0.25) is 5.89 Å². The van der Waals surface area contributed by atoms with Gasteiger partial charge in [-0.15, -0.1) is 0 Å². The predicted octanol–water partition coefficient (Wildman–Crippen LogP) is 3.18. The molecule has 2 aromatic rings. The van der Waals surface area contributed by atoms with Crippen LogP contribution in [0.1, 0.15) is 29.7 Å². The molecular weight excluding hydrogens is 326 g/mol. The second-order valence-corrected chi connectivity index (χ2v) is 6.14. The highest BCUT2D eigenvalue weighted by Gasteiger charge is 2.14. The van der Waals surface area contributed by atoms with Crippen molar-refractivity contribution in [3.8, 4) is 0 Å². The van der Waals surface area contributed by atoms with E-state index in [0.717, 1.165) is 22.2 Å². The molecule has 0 fully saturated rings. The minimum absolute atomic E-state index is 0.168. The summed E-state index contributed by atoms with van der Waals surface area (Å²) in [6.45, 7) is 0. The summed E-state index contributed by atoms with van der Waals surface area (Å²) in [7, 11) is 0. The molecule has 0 bridgehead atoms. The van der Waals surface area contributed by atoms with Crippen molar-refractivity contribution in [2.45, 2.75) is 18.9 Å². The fourth-order valence-electron chi connectivity index (χ4n) is 1.64. The fraction of sp³-hybridized carbons (Fsp3) is 0.385. The topological polar surface area (TPSA) is 64.9 Å². The van der Waals surface area contributed by atoms with Crippen molar-refractivity contribution >= 4 is 27.7 Å². The van der Waals surface area contributed by atoms with Crippen LogP contribution in [-0.4, -0.2) is 22.1 Å². The lowest BCUT2D eigenvalue weighted by Crippen LogP contribution is -2.11. The van der Waals surface area contributed by atoms with Gasteiger partial charge in [-0.05, 0) is 36.1 Å². The molecule has 0 aliphatic rings. The molecule has 0 saturated carbocycles. The Morgan fingerprint density at radius 3 is 2.79 bits per heavy atom. The summed E-state index contributed by atoms with van der Waals surface area (Å²) in [6, 6.07) is 7.90. The van der Waals surface area contributed by atoms with E-state index < -0.39 is 0 Å². The standard InChI is InChI=1S/C13H16BrN3OS/c1-19-7-6-11(15)13-16-12(17-18-13)8-9-2-4-10(14)5-3-9/h2-5,11H,6-8,15H2,1H3/t11-/m0/s1. The number of aromatic nitrogens is 2. The van der Waals surface area contributed by atoms with Crippen molar-refractivity contribution in [1.82, 2.24) is 10.1 Å². The first-order valence-electron chi connectivity index (χ1n) is 6.00. The van der Waals surface area contributed by atoms with E-state index in [0.29, 0.717) is 18.1 Å². The summed E-state index contributed by atoms with van der Waals surface area (Å²) in [6.07, 6.45) is 3.56. The third-order valence-corrected chi connectivity index (χ3v) is 3.88. The van der Waals surface area contributed by atoms with Crippen molar-refractivity contribution in [3.05, 3.63) is 46.0 Å². The lowest BCUT2D eigenvalue weighted by Gasteiger charge is -2.03. The lowest BCUT2D eigenvalue weighted by molar-refractivity contribution is 0.349. The lowest BCUT2D eigenvalue weighted by atomic mass is 10.1. The molecule has 4 nitrogen and oxygen atoms in total. The zero-order valence-corrected chi connectivity index (χ0v) is 13.1. The van der Waals surface area contributed by atoms with Gasteiger partial charge in [0.15, 0.2) is 5.82 Å². The molecule has 0 amide bonds. The monoisotopic (exact) mass is 341 g/mol. The molecular formula is C13H16BrN3OS. The Morgan fingerprint density at radius 1 is 1.37 bits per heavy atom. The Bertz CT molecular complexity index is 515. The Kier molecular flexibility index (Phi) is 5.42. The Morgan fingerprint density at radius 2 is 2.11 bits per heavy atom. The van der Waals surface area contributed by atoms with Crippen LogP contribution in [0.25, 0.3) is 0 Å². The molecule has 102 valence electrons. The van der Waals surface area contributed by atoms with Crippen LogP contribution < -0.4 is 5.73 Å². The maximum Gasteiger partial charge on any atom is 0.243 e. The minimum Gasteiger partial charge on any atom is -0.338 e. The average Bonchev–Trinajstić information content (AvgIpc) is 2.87. The summed E-state index contributed by atoms with van der Waals surface area (Å²) in [4.78, 5) is 4.36. The van der Waals surface area contributed by atoms with Crippen LogP contribution in [0.15, 0.2) is 33.3 Å². The molecule has 1 heterocycles. The molecule has 0 radical (unpaired) electrons. The van der Waals surface area contributed by atoms with Gasteiger partial charge in [-0.25, -0.2) is 0 Å². The fourth-order valence-corrected chi connectivity index (χ4v) is 2.40. The van der Waals surface area contributed by atoms with Gasteiger partial charge in [-0.3, -0.25) is 0 Å². The van der Waals surface area contributed by atoms with E-state index in [1.54, 1.807) is 11.8 Å². The number of thioether (sulfide) groups is 1. The van der Waals surface area contributed by atoms with Gasteiger partial charge in [-0.1, -0.05) is 33.2 Å². The number of nitrogens with two attached hydrogens (primary N) is 1. The molecule has 0 saturated heterocycles. The SMILES string of the molecule is CSCC[C@H](N)c1nc(Cc2ccc(Br)cc2)no1. The van der Waals surface area contributed by atoms with E-state index in [4.69, 9.17) is 10.3 Å². The average molecular weight is 342 g/mol. The van der Waals surface area contributed by atoms with Crippen LogP contribution >= 0.6 is 27.7 Å². The first-order valence-corrected chi connectivity index (χ1v) is 8.19. The largest absolute Gasteiger partial charge is 0.338 e. The molecule has 0 aliphatic carbocycles. The number of nitrogens with zero attached hydrogens (tertiary/aromatic N) is 2. The summed E-state index contributed by atoms with van der Waals surface area (Å²) in [5.74, 6) is 2.20. The highest BCUT2D eigenvalue weighted by Crippen LogP contribution is 2.16. The van der Waals surface area contributed by atoms with Crippen LogP contribution in [0.5, 0.6) is 0 Å². The quantitative estimate of drug-likeness (QED) is 0.873. The molecule has 1 aromatic heterocycles. The first kappa shape index (κ1) is 14.6. The van der Waals surface area contributed by atoms with Gasteiger partial charge in [0.1, 0.15) is 0 Å². The summed E-state index contributed by atoms with van der Waals surface area (Å²) in [5.41, 5.74) is 7.14. The molecule has 0 aliphatic heterocycles. The summed E-state index contributed by atoms with van der Waals surface area (Å²) in [5, 5.41) is 3.98. The number of hydrogen-bond acceptors (Lipinski definition) is 5. The van der Waals surface area contributed by atoms with Crippen molar-refractivity contribution in [3.63, 3.8) is 0 Å². The molecule has 6 heteroatoms. The van der Waals surface area contributed by atoms with Gasteiger partial charge in [0.25, 0.3) is 0 Å². The molecule has 1 aromatic carbocycles. The third kappa shape index (κ3) is 4.33. The molecule has 1 atom stereocenters. The summed E-state index contributed by atoms with van der Waals surface area (Å²) >= 11 is 5.17. The van der Waals surface area contributed by atoms with E-state index in [9.17, 15) is 0 Å². The van der Waals surface area contributed by atoms with Crippen LogP contribution in [0, 0.1) is 0 Å². The van der Waals surface area contributed by atoms with Crippen LogP contribution in [0.4, 0.5) is 0 Å². The second kappa shape index (κ2) is 7.07. The predicted molar refractivity (Wildman–Crippen MR) is 81.2 cm³/mol. The van der Waals surface area contributed by atoms with Crippen molar-refractivity contribution < 1.29 is 4.52 Å². The van der Waals surface area contributed by atoms with Crippen molar-refractivity contribution in [2.75, 3.05) is 12.0 Å². The minimum atomic E-state index is -0.168. The van der Waals surface area contributed by atoms with E-state index in [-0.39, 0.29) is 6.04 Å². The first-order chi connectivity index (χ1) is 9.19. The van der Waals surface area contributed by atoms with Crippen LogP contribution in [0.2, 0.25) is 0 Å². The molecule has 19 heavy (non-hydrogen) atoms. The van der Waals surface area contributed by atoms with Gasteiger partial charge in [0, 0.05) is 10.9 Å². The molecule has 0 unspecified atom stereocenters. The Labute approximate surface area is 125 Å². The van der Waals surface area contributed by atoms with Gasteiger partial charge >= 0.3 is 0 Å². The Hall–Kier alpha value is -0.850. The van der Waals surface area contributed by atoms with Crippen molar-refractivity contribution in [2.24, 2.45) is 5.73 Å². The van der Waals surface area contributed by atoms with Crippen LogP contribution in [0.3, 0.4) is 0 Å². The van der Waals surface area contributed by atoms with E-state index in [1.807, 2.05) is 24.3 Å². The third-order valence-electron chi connectivity index (χ3n) is 2.71. The normalized spacial score (nSPS) is 12.6. The maximum absolute atomic E-state index is 5.99. The van der Waals surface area contributed by atoms with Gasteiger partial charge in [-0.2, -0.15) is 16.7 Å².